The number of carboxylic acid groups (broad SMARTS) is 1. The lowest BCUT2D eigenvalue weighted by atomic mass is 10.1. The molecule has 1 aromatic carbocycles. The van der Waals surface area contributed by atoms with Gasteiger partial charge < -0.3 is 5.11 Å². The van der Waals surface area contributed by atoms with Crippen molar-refractivity contribution >= 4 is 44.9 Å². The first kappa shape index (κ1) is 13.1. The topological polar surface area (TPSA) is 37.3 Å². The number of carbonyl (C=O) groups is 1. The Labute approximate surface area is 118 Å². The highest BCUT2D eigenvalue weighted by Crippen LogP contribution is 2.29. The van der Waals surface area contributed by atoms with Crippen LogP contribution in [0.25, 0.3) is 11.6 Å². The van der Waals surface area contributed by atoms with Gasteiger partial charge in [0.05, 0.1) is 5.57 Å². The number of carboxylic acids is 1. The Morgan fingerprint density at radius 1 is 1.33 bits per heavy atom. The van der Waals surface area contributed by atoms with Crippen LogP contribution in [0.4, 0.5) is 0 Å². The summed E-state index contributed by atoms with van der Waals surface area (Å²) in [5, 5.41) is 9.29. The Morgan fingerprint density at radius 3 is 2.50 bits per heavy atom. The molecule has 1 heterocycles. The van der Waals surface area contributed by atoms with Crippen LogP contribution < -0.4 is 0 Å². The number of aryl methyl sites for hydroxylation is 1. The molecule has 2 aromatic rings. The van der Waals surface area contributed by atoms with Crippen molar-refractivity contribution in [2.45, 2.75) is 6.92 Å². The highest BCUT2D eigenvalue weighted by Gasteiger charge is 2.11. The zero-order valence-electron chi connectivity index (χ0n) is 9.68. The fraction of sp³-hybridized carbons (Fsp3) is 0.0714. The lowest BCUT2D eigenvalue weighted by Gasteiger charge is -2.01. The van der Waals surface area contributed by atoms with E-state index >= 15 is 0 Å². The van der Waals surface area contributed by atoms with Gasteiger partial charge in [-0.3, -0.25) is 0 Å². The number of rotatable bonds is 3. The van der Waals surface area contributed by atoms with Crippen molar-refractivity contribution in [3.8, 4) is 0 Å². The Balaban J connectivity index is 2.46. The molecule has 0 atom stereocenters. The summed E-state index contributed by atoms with van der Waals surface area (Å²) in [7, 11) is 0. The third kappa shape index (κ3) is 2.89. The predicted molar refractivity (Wildman–Crippen MR) is 78.7 cm³/mol. The van der Waals surface area contributed by atoms with Gasteiger partial charge in [-0.2, -0.15) is 0 Å². The standard InChI is InChI=1S/C14H11BrO2S/c1-9-13(15)8-11(18-9)7-12(14(16)17)10-5-3-2-4-6-10/h2-8H,1H3,(H,16,17)/b12-7+. The summed E-state index contributed by atoms with van der Waals surface area (Å²) in [6.07, 6.45) is 1.71. The fourth-order valence-corrected chi connectivity index (χ4v) is 3.09. The van der Waals surface area contributed by atoms with E-state index in [0.29, 0.717) is 11.1 Å². The van der Waals surface area contributed by atoms with Gasteiger partial charge in [-0.25, -0.2) is 4.79 Å². The summed E-state index contributed by atoms with van der Waals surface area (Å²) in [5.74, 6) is -0.914. The Morgan fingerprint density at radius 2 is 2.00 bits per heavy atom. The van der Waals surface area contributed by atoms with Crippen molar-refractivity contribution in [3.63, 3.8) is 0 Å². The molecule has 0 radical (unpaired) electrons. The number of hydrogen-bond acceptors (Lipinski definition) is 2. The second kappa shape index (κ2) is 5.50. The molecule has 0 aliphatic carbocycles. The number of hydrogen-bond donors (Lipinski definition) is 1. The third-order valence-electron chi connectivity index (χ3n) is 2.48. The summed E-state index contributed by atoms with van der Waals surface area (Å²) in [6.45, 7) is 2.00. The Kier molecular flexibility index (Phi) is 3.99. The van der Waals surface area contributed by atoms with Crippen LogP contribution in [0.2, 0.25) is 0 Å². The van der Waals surface area contributed by atoms with E-state index in [1.165, 1.54) is 0 Å². The van der Waals surface area contributed by atoms with E-state index < -0.39 is 5.97 Å². The molecule has 0 saturated carbocycles. The molecule has 18 heavy (non-hydrogen) atoms. The van der Waals surface area contributed by atoms with Gasteiger partial charge in [-0.1, -0.05) is 30.3 Å². The number of aliphatic carboxylic acids is 1. The van der Waals surface area contributed by atoms with Crippen LogP contribution in [-0.4, -0.2) is 11.1 Å². The van der Waals surface area contributed by atoms with Crippen molar-refractivity contribution in [1.82, 2.24) is 0 Å². The van der Waals surface area contributed by atoms with Gasteiger partial charge in [0.15, 0.2) is 0 Å². The molecule has 0 fully saturated rings. The van der Waals surface area contributed by atoms with Gasteiger partial charge in [0.25, 0.3) is 0 Å². The summed E-state index contributed by atoms with van der Waals surface area (Å²) in [5.41, 5.74) is 1.02. The summed E-state index contributed by atoms with van der Waals surface area (Å²) >= 11 is 5.00. The van der Waals surface area contributed by atoms with Crippen molar-refractivity contribution < 1.29 is 9.90 Å². The van der Waals surface area contributed by atoms with E-state index in [9.17, 15) is 9.90 Å². The van der Waals surface area contributed by atoms with Crippen molar-refractivity contribution in [2.75, 3.05) is 0 Å². The molecule has 0 aliphatic heterocycles. The first-order valence-electron chi connectivity index (χ1n) is 5.34. The Hall–Kier alpha value is -1.39. The molecular weight excluding hydrogens is 312 g/mol. The quantitative estimate of drug-likeness (QED) is 0.848. The molecule has 2 rings (SSSR count). The molecule has 0 bridgehead atoms. The maximum absolute atomic E-state index is 11.3. The van der Waals surface area contributed by atoms with E-state index in [-0.39, 0.29) is 0 Å². The molecule has 0 amide bonds. The highest BCUT2D eigenvalue weighted by molar-refractivity contribution is 9.10. The zero-order valence-corrected chi connectivity index (χ0v) is 12.1. The van der Waals surface area contributed by atoms with Gasteiger partial charge in [-0.15, -0.1) is 11.3 Å². The number of thiophene rings is 1. The van der Waals surface area contributed by atoms with Gasteiger partial charge in [0.2, 0.25) is 0 Å². The summed E-state index contributed by atoms with van der Waals surface area (Å²) < 4.78 is 1.01. The number of benzene rings is 1. The fourth-order valence-electron chi connectivity index (χ4n) is 1.58. The lowest BCUT2D eigenvalue weighted by molar-refractivity contribution is -0.130. The van der Waals surface area contributed by atoms with Crippen LogP contribution in [0.5, 0.6) is 0 Å². The highest BCUT2D eigenvalue weighted by atomic mass is 79.9. The smallest absolute Gasteiger partial charge is 0.336 e. The van der Waals surface area contributed by atoms with E-state index in [0.717, 1.165) is 14.2 Å². The molecule has 1 aromatic heterocycles. The minimum Gasteiger partial charge on any atom is -0.478 e. The minimum absolute atomic E-state index is 0.310. The molecular formula is C14H11BrO2S. The molecule has 2 nitrogen and oxygen atoms in total. The monoisotopic (exact) mass is 322 g/mol. The average molecular weight is 323 g/mol. The second-order valence-electron chi connectivity index (χ2n) is 3.78. The van der Waals surface area contributed by atoms with E-state index in [1.54, 1.807) is 29.5 Å². The zero-order chi connectivity index (χ0) is 13.1. The van der Waals surface area contributed by atoms with Crippen LogP contribution in [0.15, 0.2) is 40.9 Å². The molecule has 4 heteroatoms. The molecule has 0 aliphatic rings. The number of halogens is 1. The van der Waals surface area contributed by atoms with E-state index in [1.807, 2.05) is 31.2 Å². The molecule has 92 valence electrons. The summed E-state index contributed by atoms with van der Waals surface area (Å²) in [4.78, 5) is 13.4. The normalized spacial score (nSPS) is 11.6. The van der Waals surface area contributed by atoms with Crippen LogP contribution in [0, 0.1) is 6.92 Å². The summed E-state index contributed by atoms with van der Waals surface area (Å²) in [6, 6.07) is 11.1. The van der Waals surface area contributed by atoms with E-state index in [2.05, 4.69) is 15.9 Å². The van der Waals surface area contributed by atoms with Gasteiger partial charge >= 0.3 is 5.97 Å². The van der Waals surface area contributed by atoms with Gasteiger partial charge in [0, 0.05) is 14.2 Å². The first-order valence-corrected chi connectivity index (χ1v) is 6.95. The molecule has 0 spiro atoms. The second-order valence-corrected chi connectivity index (χ2v) is 5.92. The van der Waals surface area contributed by atoms with Crippen molar-refractivity contribution in [1.29, 1.82) is 0 Å². The maximum atomic E-state index is 11.3. The van der Waals surface area contributed by atoms with Gasteiger partial charge in [0.1, 0.15) is 0 Å². The predicted octanol–water partition coefficient (Wildman–Crippen LogP) is 4.44. The van der Waals surface area contributed by atoms with Crippen LogP contribution in [-0.2, 0) is 4.79 Å². The molecule has 0 saturated heterocycles. The van der Waals surface area contributed by atoms with Crippen molar-refractivity contribution in [2.24, 2.45) is 0 Å². The first-order chi connectivity index (χ1) is 8.58. The third-order valence-corrected chi connectivity index (χ3v) is 4.56. The Bertz CT molecular complexity index is 580. The van der Waals surface area contributed by atoms with Crippen LogP contribution in [0.3, 0.4) is 0 Å². The average Bonchev–Trinajstić information content (AvgIpc) is 2.66. The molecule has 0 unspecified atom stereocenters. The lowest BCUT2D eigenvalue weighted by Crippen LogP contribution is -1.98. The largest absolute Gasteiger partial charge is 0.478 e. The van der Waals surface area contributed by atoms with Crippen LogP contribution >= 0.6 is 27.3 Å². The molecule has 1 N–H and O–H groups in total. The van der Waals surface area contributed by atoms with Crippen LogP contribution in [0.1, 0.15) is 15.3 Å². The SMILES string of the molecule is Cc1sc(/C=C(/C(=O)O)c2ccccc2)cc1Br. The van der Waals surface area contributed by atoms with Gasteiger partial charge in [-0.05, 0) is 40.6 Å². The minimum atomic E-state index is -0.914. The maximum Gasteiger partial charge on any atom is 0.336 e. The van der Waals surface area contributed by atoms with E-state index in [4.69, 9.17) is 0 Å². The van der Waals surface area contributed by atoms with Crippen molar-refractivity contribution in [3.05, 3.63) is 56.2 Å².